The van der Waals surface area contributed by atoms with Gasteiger partial charge in [-0.1, -0.05) is 18.6 Å². The minimum Gasteiger partial charge on any atom is -0.475 e. The number of rotatable bonds is 2. The normalized spacial score (nSPS) is 22.8. The number of carbonyl (C=O) groups excluding carboxylic acids is 1. The van der Waals surface area contributed by atoms with Gasteiger partial charge in [0.25, 0.3) is 0 Å². The zero-order chi connectivity index (χ0) is 13.9. The third-order valence-corrected chi connectivity index (χ3v) is 4.08. The van der Waals surface area contributed by atoms with Gasteiger partial charge in [-0.25, -0.2) is 9.18 Å². The third-order valence-electron chi connectivity index (χ3n) is 4.08. The molecule has 1 unspecified atom stereocenters. The summed E-state index contributed by atoms with van der Waals surface area (Å²) in [5.41, 5.74) is 0.826. The smallest absolute Gasteiger partial charge is 0.347 e. The molecular formula is C16H19FO3. The number of esters is 1. The molecule has 20 heavy (non-hydrogen) atoms. The molecule has 4 heteroatoms. The van der Waals surface area contributed by atoms with E-state index in [9.17, 15) is 9.18 Å². The fourth-order valence-electron chi connectivity index (χ4n) is 2.96. The Balaban J connectivity index is 1.64. The minimum absolute atomic E-state index is 0.0156. The molecule has 0 N–H and O–H groups in total. The third kappa shape index (κ3) is 2.79. The number of halogens is 1. The molecule has 3 nitrogen and oxygen atoms in total. The first-order chi connectivity index (χ1) is 9.74. The van der Waals surface area contributed by atoms with Crippen molar-refractivity contribution >= 4 is 5.97 Å². The van der Waals surface area contributed by atoms with Crippen LogP contribution in [0.2, 0.25) is 0 Å². The summed E-state index contributed by atoms with van der Waals surface area (Å²) in [6.45, 7) is 0. The summed E-state index contributed by atoms with van der Waals surface area (Å²) in [6, 6.07) is 4.85. The summed E-state index contributed by atoms with van der Waals surface area (Å²) in [5.74, 6) is -0.534. The molecule has 2 aliphatic rings. The predicted octanol–water partition coefficient (Wildman–Crippen LogP) is 3.40. The van der Waals surface area contributed by atoms with Crippen LogP contribution < -0.4 is 4.74 Å². The van der Waals surface area contributed by atoms with E-state index >= 15 is 0 Å². The van der Waals surface area contributed by atoms with Gasteiger partial charge in [-0.2, -0.15) is 0 Å². The standard InChI is InChI=1S/C16H19FO3/c17-13-8-4-5-11-9-10-14(20-15(11)13)16(18)19-12-6-2-1-3-7-12/h4-5,8,12,14H,1-3,6-7,9-10H2. The van der Waals surface area contributed by atoms with Crippen LogP contribution in [0.15, 0.2) is 18.2 Å². The zero-order valence-corrected chi connectivity index (χ0v) is 11.4. The van der Waals surface area contributed by atoms with Gasteiger partial charge in [0, 0.05) is 0 Å². The molecular weight excluding hydrogens is 259 g/mol. The Morgan fingerprint density at radius 2 is 2.00 bits per heavy atom. The molecule has 1 aliphatic heterocycles. The highest BCUT2D eigenvalue weighted by Crippen LogP contribution is 2.31. The largest absolute Gasteiger partial charge is 0.475 e. The van der Waals surface area contributed by atoms with Crippen molar-refractivity contribution in [2.45, 2.75) is 57.2 Å². The lowest BCUT2D eigenvalue weighted by atomic mass is 9.97. The fourth-order valence-corrected chi connectivity index (χ4v) is 2.96. The van der Waals surface area contributed by atoms with Gasteiger partial charge in [-0.3, -0.25) is 0 Å². The average molecular weight is 278 g/mol. The molecule has 108 valence electrons. The fraction of sp³-hybridized carbons (Fsp3) is 0.562. The van der Waals surface area contributed by atoms with Crippen LogP contribution in [0.3, 0.4) is 0 Å². The molecule has 0 saturated heterocycles. The maximum absolute atomic E-state index is 13.7. The van der Waals surface area contributed by atoms with Gasteiger partial charge < -0.3 is 9.47 Å². The van der Waals surface area contributed by atoms with E-state index in [-0.39, 0.29) is 17.8 Å². The molecule has 1 heterocycles. The Hall–Kier alpha value is -1.58. The number of hydrogen-bond acceptors (Lipinski definition) is 3. The Labute approximate surface area is 118 Å². The molecule has 0 radical (unpaired) electrons. The van der Waals surface area contributed by atoms with E-state index < -0.39 is 11.9 Å². The molecule has 0 aromatic heterocycles. The number of aryl methyl sites for hydroxylation is 1. The van der Waals surface area contributed by atoms with Crippen LogP contribution in [-0.2, 0) is 16.0 Å². The van der Waals surface area contributed by atoms with Crippen LogP contribution >= 0.6 is 0 Å². The first kappa shape index (κ1) is 13.4. The van der Waals surface area contributed by atoms with E-state index in [1.807, 2.05) is 6.07 Å². The van der Waals surface area contributed by atoms with Gasteiger partial charge in [0.15, 0.2) is 17.7 Å². The molecule has 1 aromatic carbocycles. The number of carbonyl (C=O) groups is 1. The SMILES string of the molecule is O=C(OC1CCCCC1)C1CCc2cccc(F)c2O1. The monoisotopic (exact) mass is 278 g/mol. The van der Waals surface area contributed by atoms with Crippen LogP contribution in [0, 0.1) is 5.82 Å². The van der Waals surface area contributed by atoms with Gasteiger partial charge in [0.2, 0.25) is 0 Å². The summed E-state index contributed by atoms with van der Waals surface area (Å²) in [6.07, 6.45) is 5.86. The molecule has 1 aliphatic carbocycles. The number of fused-ring (bicyclic) bond motifs is 1. The number of ether oxygens (including phenoxy) is 2. The highest BCUT2D eigenvalue weighted by molar-refractivity contribution is 5.75. The van der Waals surface area contributed by atoms with Crippen molar-refractivity contribution in [3.05, 3.63) is 29.6 Å². The Kier molecular flexibility index (Phi) is 3.90. The van der Waals surface area contributed by atoms with Gasteiger partial charge in [0.05, 0.1) is 0 Å². The lowest BCUT2D eigenvalue weighted by Gasteiger charge is -2.28. The summed E-state index contributed by atoms with van der Waals surface area (Å²) >= 11 is 0. The Bertz CT molecular complexity index is 494. The van der Waals surface area contributed by atoms with Crippen molar-refractivity contribution in [3.63, 3.8) is 0 Å². The van der Waals surface area contributed by atoms with Crippen molar-refractivity contribution in [1.82, 2.24) is 0 Å². The van der Waals surface area contributed by atoms with Gasteiger partial charge in [-0.05, 0) is 50.2 Å². The highest BCUT2D eigenvalue weighted by Gasteiger charge is 2.31. The molecule has 1 atom stereocenters. The average Bonchev–Trinajstić information content (AvgIpc) is 2.48. The molecule has 0 bridgehead atoms. The molecule has 1 aromatic rings. The van der Waals surface area contributed by atoms with E-state index in [0.29, 0.717) is 12.8 Å². The van der Waals surface area contributed by atoms with E-state index in [0.717, 1.165) is 31.2 Å². The minimum atomic E-state index is -0.665. The molecule has 1 saturated carbocycles. The van der Waals surface area contributed by atoms with Gasteiger partial charge in [-0.15, -0.1) is 0 Å². The van der Waals surface area contributed by atoms with Crippen molar-refractivity contribution in [2.75, 3.05) is 0 Å². The van der Waals surface area contributed by atoms with Crippen molar-refractivity contribution < 1.29 is 18.7 Å². The molecule has 1 fully saturated rings. The highest BCUT2D eigenvalue weighted by atomic mass is 19.1. The lowest BCUT2D eigenvalue weighted by Crippen LogP contribution is -2.36. The van der Waals surface area contributed by atoms with Crippen LogP contribution in [-0.4, -0.2) is 18.2 Å². The van der Waals surface area contributed by atoms with Crippen LogP contribution in [0.5, 0.6) is 5.75 Å². The maximum atomic E-state index is 13.7. The summed E-state index contributed by atoms with van der Waals surface area (Å²) < 4.78 is 24.7. The first-order valence-corrected chi connectivity index (χ1v) is 7.38. The van der Waals surface area contributed by atoms with Crippen LogP contribution in [0.25, 0.3) is 0 Å². The number of hydrogen-bond donors (Lipinski definition) is 0. The van der Waals surface area contributed by atoms with Crippen LogP contribution in [0.1, 0.15) is 44.1 Å². The predicted molar refractivity (Wildman–Crippen MR) is 72.1 cm³/mol. The topological polar surface area (TPSA) is 35.5 Å². The molecule has 3 rings (SSSR count). The molecule has 0 amide bonds. The van der Waals surface area contributed by atoms with Gasteiger partial charge >= 0.3 is 5.97 Å². The zero-order valence-electron chi connectivity index (χ0n) is 11.4. The Morgan fingerprint density at radius 1 is 1.20 bits per heavy atom. The van der Waals surface area contributed by atoms with Crippen molar-refractivity contribution in [1.29, 1.82) is 0 Å². The quantitative estimate of drug-likeness (QED) is 0.778. The summed E-state index contributed by atoms with van der Waals surface area (Å²) in [7, 11) is 0. The number of benzene rings is 1. The number of para-hydroxylation sites is 1. The van der Waals surface area contributed by atoms with Crippen molar-refractivity contribution in [3.8, 4) is 5.75 Å². The van der Waals surface area contributed by atoms with E-state index in [4.69, 9.17) is 9.47 Å². The molecule has 0 spiro atoms. The summed E-state index contributed by atoms with van der Waals surface area (Å²) in [5, 5.41) is 0. The maximum Gasteiger partial charge on any atom is 0.347 e. The van der Waals surface area contributed by atoms with E-state index in [1.165, 1.54) is 12.5 Å². The Morgan fingerprint density at radius 3 is 2.80 bits per heavy atom. The van der Waals surface area contributed by atoms with Gasteiger partial charge in [0.1, 0.15) is 6.10 Å². The van der Waals surface area contributed by atoms with Crippen molar-refractivity contribution in [2.24, 2.45) is 0 Å². The van der Waals surface area contributed by atoms with Crippen LogP contribution in [0.4, 0.5) is 4.39 Å². The summed E-state index contributed by atoms with van der Waals surface area (Å²) in [4.78, 5) is 12.1. The van der Waals surface area contributed by atoms with E-state index in [1.54, 1.807) is 6.07 Å². The lowest BCUT2D eigenvalue weighted by molar-refractivity contribution is -0.159. The second kappa shape index (κ2) is 5.81. The second-order valence-corrected chi connectivity index (χ2v) is 5.57. The first-order valence-electron chi connectivity index (χ1n) is 7.38. The van der Waals surface area contributed by atoms with E-state index in [2.05, 4.69) is 0 Å². The second-order valence-electron chi connectivity index (χ2n) is 5.57.